The van der Waals surface area contributed by atoms with Gasteiger partial charge in [0.2, 0.25) is 0 Å². The highest BCUT2D eigenvalue weighted by molar-refractivity contribution is 4.89. The molecular weight excluding hydrogens is 252 g/mol. The molecule has 0 aromatic rings. The summed E-state index contributed by atoms with van der Waals surface area (Å²) in [6.45, 7) is 4.80. The van der Waals surface area contributed by atoms with E-state index >= 15 is 0 Å². The van der Waals surface area contributed by atoms with E-state index in [0.29, 0.717) is 12.1 Å². The zero-order chi connectivity index (χ0) is 14.2. The topological polar surface area (TPSA) is 56.5 Å². The van der Waals surface area contributed by atoms with E-state index in [2.05, 4.69) is 12.3 Å². The van der Waals surface area contributed by atoms with Crippen LogP contribution in [0.25, 0.3) is 0 Å². The Bertz CT molecular complexity index is 253. The molecule has 3 N–H and O–H groups in total. The third-order valence-corrected chi connectivity index (χ3v) is 4.77. The van der Waals surface area contributed by atoms with Crippen molar-refractivity contribution in [2.45, 2.75) is 70.4 Å². The second-order valence-corrected chi connectivity index (χ2v) is 6.37. The summed E-state index contributed by atoms with van der Waals surface area (Å²) in [4.78, 5) is 0. The lowest BCUT2D eigenvalue weighted by Gasteiger charge is -2.27. The van der Waals surface area contributed by atoms with E-state index in [1.165, 1.54) is 44.9 Å². The second-order valence-electron chi connectivity index (χ2n) is 6.37. The highest BCUT2D eigenvalue weighted by Crippen LogP contribution is 2.36. The van der Waals surface area contributed by atoms with Crippen LogP contribution in [0.5, 0.6) is 0 Å². The van der Waals surface area contributed by atoms with Crippen LogP contribution >= 0.6 is 0 Å². The number of hydrogen-bond acceptors (Lipinski definition) is 4. The molecule has 118 valence electrons. The number of rotatable bonds is 10. The number of hydrogen-bond donors (Lipinski definition) is 2. The van der Waals surface area contributed by atoms with Gasteiger partial charge in [-0.05, 0) is 50.9 Å². The van der Waals surface area contributed by atoms with Gasteiger partial charge in [0.25, 0.3) is 0 Å². The molecule has 2 rings (SSSR count). The van der Waals surface area contributed by atoms with Gasteiger partial charge in [0, 0.05) is 25.9 Å². The zero-order valence-electron chi connectivity index (χ0n) is 13.0. The van der Waals surface area contributed by atoms with E-state index in [1.807, 2.05) is 0 Å². The molecule has 4 nitrogen and oxygen atoms in total. The van der Waals surface area contributed by atoms with Crippen LogP contribution in [0.3, 0.4) is 0 Å². The molecule has 2 unspecified atom stereocenters. The third-order valence-electron chi connectivity index (χ3n) is 4.77. The maximum atomic E-state index is 5.91. The summed E-state index contributed by atoms with van der Waals surface area (Å²) >= 11 is 0. The Balaban J connectivity index is 1.62. The van der Waals surface area contributed by atoms with E-state index < -0.39 is 0 Å². The average Bonchev–Trinajstić information content (AvgIpc) is 3.31. The molecule has 0 radical (unpaired) electrons. The lowest BCUT2D eigenvalue weighted by molar-refractivity contribution is 0.0160. The highest BCUT2D eigenvalue weighted by Gasteiger charge is 2.36. The van der Waals surface area contributed by atoms with E-state index in [0.717, 1.165) is 38.1 Å². The first-order chi connectivity index (χ1) is 9.85. The van der Waals surface area contributed by atoms with Crippen LogP contribution in [0, 0.1) is 11.8 Å². The molecule has 2 atom stereocenters. The van der Waals surface area contributed by atoms with Gasteiger partial charge >= 0.3 is 0 Å². The van der Waals surface area contributed by atoms with Crippen LogP contribution in [0.2, 0.25) is 0 Å². The van der Waals surface area contributed by atoms with Gasteiger partial charge in [0.15, 0.2) is 0 Å². The van der Waals surface area contributed by atoms with Gasteiger partial charge in [0.1, 0.15) is 0 Å². The van der Waals surface area contributed by atoms with Crippen molar-refractivity contribution >= 4 is 0 Å². The summed E-state index contributed by atoms with van der Waals surface area (Å²) in [7, 11) is 0. The van der Waals surface area contributed by atoms with Crippen LogP contribution < -0.4 is 11.3 Å². The van der Waals surface area contributed by atoms with E-state index in [4.69, 9.17) is 15.3 Å². The largest absolute Gasteiger partial charge is 0.381 e. The Morgan fingerprint density at radius 1 is 1.20 bits per heavy atom. The molecule has 0 bridgehead atoms. The average molecular weight is 284 g/mol. The van der Waals surface area contributed by atoms with Crippen molar-refractivity contribution in [3.63, 3.8) is 0 Å². The molecule has 1 heterocycles. The number of hydrazine groups is 1. The molecule has 0 amide bonds. The first-order valence-electron chi connectivity index (χ1n) is 8.50. The van der Waals surface area contributed by atoms with E-state index in [9.17, 15) is 0 Å². The fraction of sp³-hybridized carbons (Fsp3) is 1.00. The van der Waals surface area contributed by atoms with Gasteiger partial charge in [0.05, 0.1) is 6.10 Å². The SMILES string of the molecule is CCOC(C1CC1)C(CCCCC1CCOCC1)NN. The maximum Gasteiger partial charge on any atom is 0.0769 e. The smallest absolute Gasteiger partial charge is 0.0769 e. The van der Waals surface area contributed by atoms with Gasteiger partial charge in [-0.25, -0.2) is 0 Å². The first kappa shape index (κ1) is 16.2. The molecule has 20 heavy (non-hydrogen) atoms. The molecule has 2 aliphatic rings. The molecule has 0 aromatic heterocycles. The standard InChI is InChI=1S/C16H32N2O2/c1-2-20-16(14-7-8-14)15(18-17)6-4-3-5-13-9-11-19-12-10-13/h13-16,18H,2-12,17H2,1H3. The summed E-state index contributed by atoms with van der Waals surface area (Å²) in [6, 6.07) is 0.331. The lowest BCUT2D eigenvalue weighted by atomic mass is 9.92. The summed E-state index contributed by atoms with van der Waals surface area (Å²) in [5, 5.41) is 0. The predicted molar refractivity (Wildman–Crippen MR) is 81.3 cm³/mol. The molecule has 1 saturated carbocycles. The monoisotopic (exact) mass is 284 g/mol. The zero-order valence-corrected chi connectivity index (χ0v) is 13.0. The Hall–Kier alpha value is -0.160. The number of ether oxygens (including phenoxy) is 2. The summed E-state index contributed by atoms with van der Waals surface area (Å²) in [6.07, 6.45) is 10.5. The summed E-state index contributed by atoms with van der Waals surface area (Å²) in [5.41, 5.74) is 3.00. The van der Waals surface area contributed by atoms with Crippen molar-refractivity contribution < 1.29 is 9.47 Å². The molecule has 1 aliphatic carbocycles. The molecule has 0 spiro atoms. The van der Waals surface area contributed by atoms with E-state index in [-0.39, 0.29) is 0 Å². The quantitative estimate of drug-likeness (QED) is 0.368. The third kappa shape index (κ3) is 5.32. The van der Waals surface area contributed by atoms with Crippen LogP contribution in [0.1, 0.15) is 58.3 Å². The minimum absolute atomic E-state index is 0.327. The number of nitrogens with one attached hydrogen (secondary N) is 1. The molecule has 0 aromatic carbocycles. The van der Waals surface area contributed by atoms with Gasteiger partial charge in [-0.3, -0.25) is 11.3 Å². The van der Waals surface area contributed by atoms with Crippen molar-refractivity contribution in [2.75, 3.05) is 19.8 Å². The van der Waals surface area contributed by atoms with Gasteiger partial charge < -0.3 is 9.47 Å². The van der Waals surface area contributed by atoms with E-state index in [1.54, 1.807) is 0 Å². The Morgan fingerprint density at radius 3 is 2.55 bits per heavy atom. The minimum Gasteiger partial charge on any atom is -0.381 e. The Morgan fingerprint density at radius 2 is 1.95 bits per heavy atom. The lowest BCUT2D eigenvalue weighted by Crippen LogP contribution is -2.46. The molecule has 4 heteroatoms. The first-order valence-corrected chi connectivity index (χ1v) is 8.50. The molecule has 2 fully saturated rings. The number of unbranched alkanes of at least 4 members (excludes halogenated alkanes) is 1. The summed E-state index contributed by atoms with van der Waals surface area (Å²) in [5.74, 6) is 7.38. The Kier molecular flexibility index (Phi) is 7.28. The van der Waals surface area contributed by atoms with Crippen molar-refractivity contribution in [1.29, 1.82) is 0 Å². The molecule has 1 saturated heterocycles. The Labute approximate surface area is 123 Å². The fourth-order valence-corrected chi connectivity index (χ4v) is 3.37. The summed E-state index contributed by atoms with van der Waals surface area (Å²) < 4.78 is 11.3. The van der Waals surface area contributed by atoms with Crippen molar-refractivity contribution in [3.05, 3.63) is 0 Å². The normalized spacial score (nSPS) is 23.7. The van der Waals surface area contributed by atoms with Crippen molar-refractivity contribution in [2.24, 2.45) is 17.7 Å². The van der Waals surface area contributed by atoms with Crippen LogP contribution in [-0.4, -0.2) is 32.0 Å². The molecular formula is C16H32N2O2. The number of nitrogens with two attached hydrogens (primary N) is 1. The van der Waals surface area contributed by atoms with Crippen molar-refractivity contribution in [3.8, 4) is 0 Å². The molecule has 1 aliphatic heterocycles. The van der Waals surface area contributed by atoms with Crippen molar-refractivity contribution in [1.82, 2.24) is 5.43 Å². The van der Waals surface area contributed by atoms with Crippen LogP contribution in [0.15, 0.2) is 0 Å². The second kappa shape index (κ2) is 8.98. The maximum absolute atomic E-state index is 5.91. The van der Waals surface area contributed by atoms with Gasteiger partial charge in [-0.1, -0.05) is 19.3 Å². The van der Waals surface area contributed by atoms with Crippen LogP contribution in [-0.2, 0) is 9.47 Å². The fourth-order valence-electron chi connectivity index (χ4n) is 3.37. The minimum atomic E-state index is 0.327. The highest BCUT2D eigenvalue weighted by atomic mass is 16.5. The van der Waals surface area contributed by atoms with Crippen LogP contribution in [0.4, 0.5) is 0 Å². The van der Waals surface area contributed by atoms with Gasteiger partial charge in [-0.15, -0.1) is 0 Å². The van der Waals surface area contributed by atoms with Gasteiger partial charge in [-0.2, -0.15) is 0 Å². The predicted octanol–water partition coefficient (Wildman–Crippen LogP) is 2.62.